The van der Waals surface area contributed by atoms with Gasteiger partial charge in [-0.1, -0.05) is 0 Å². The minimum atomic E-state index is 0.206. The molecule has 1 atom stereocenters. The first kappa shape index (κ1) is 11.0. The molecule has 1 saturated carbocycles. The zero-order chi connectivity index (χ0) is 11.5. The molecule has 1 aliphatic heterocycles. The fourth-order valence-electron chi connectivity index (χ4n) is 1.99. The highest BCUT2D eigenvalue weighted by Gasteiger charge is 2.22. The fraction of sp³-hybridized carbons (Fsp3) is 0.615. The molecule has 1 aromatic rings. The van der Waals surface area contributed by atoms with Gasteiger partial charge in [0.05, 0.1) is 13.2 Å². The molecule has 1 aliphatic carbocycles. The largest absolute Gasteiger partial charge is 0.487 e. The Balaban J connectivity index is 1.63. The molecule has 2 aliphatic rings. The van der Waals surface area contributed by atoms with Crippen molar-refractivity contribution in [3.8, 4) is 5.75 Å². The second kappa shape index (κ2) is 5.02. The summed E-state index contributed by atoms with van der Waals surface area (Å²) < 4.78 is 11.3. The van der Waals surface area contributed by atoms with Crippen molar-refractivity contribution in [1.29, 1.82) is 0 Å². The van der Waals surface area contributed by atoms with E-state index in [4.69, 9.17) is 9.47 Å². The van der Waals surface area contributed by atoms with Crippen molar-refractivity contribution in [3.05, 3.63) is 24.0 Å². The molecular formula is C13H18N2O2. The van der Waals surface area contributed by atoms with Crippen molar-refractivity contribution in [2.24, 2.45) is 0 Å². The van der Waals surface area contributed by atoms with Crippen LogP contribution in [0.3, 0.4) is 0 Å². The first-order valence-corrected chi connectivity index (χ1v) is 6.32. The number of hydrogen-bond acceptors (Lipinski definition) is 4. The van der Waals surface area contributed by atoms with Crippen LogP contribution < -0.4 is 10.1 Å². The lowest BCUT2D eigenvalue weighted by molar-refractivity contribution is 0.140. The molecule has 0 spiro atoms. The van der Waals surface area contributed by atoms with Crippen LogP contribution in [0.25, 0.3) is 0 Å². The SMILES string of the molecule is c1cc(OC2CCOC2)c(CNC2CC2)cn1. The molecule has 1 unspecified atom stereocenters. The van der Waals surface area contributed by atoms with Crippen LogP contribution in [0.4, 0.5) is 0 Å². The van der Waals surface area contributed by atoms with Gasteiger partial charge in [-0.3, -0.25) is 4.98 Å². The molecule has 0 bridgehead atoms. The molecule has 17 heavy (non-hydrogen) atoms. The highest BCUT2D eigenvalue weighted by molar-refractivity contribution is 5.30. The first-order valence-electron chi connectivity index (χ1n) is 6.32. The van der Waals surface area contributed by atoms with Crippen LogP contribution in [0.5, 0.6) is 5.75 Å². The molecule has 4 heteroatoms. The summed E-state index contributed by atoms with van der Waals surface area (Å²) in [6.45, 7) is 2.37. The predicted octanol–water partition coefficient (Wildman–Crippen LogP) is 1.50. The summed E-state index contributed by atoms with van der Waals surface area (Å²) in [7, 11) is 0. The van der Waals surface area contributed by atoms with Crippen LogP contribution in [-0.4, -0.2) is 30.3 Å². The van der Waals surface area contributed by atoms with Gasteiger partial charge in [-0.2, -0.15) is 0 Å². The molecule has 1 N–H and O–H groups in total. The predicted molar refractivity (Wildman–Crippen MR) is 64.0 cm³/mol. The van der Waals surface area contributed by atoms with Gasteiger partial charge in [0.25, 0.3) is 0 Å². The maximum absolute atomic E-state index is 5.95. The summed E-state index contributed by atoms with van der Waals surface area (Å²) in [5.41, 5.74) is 1.14. The minimum Gasteiger partial charge on any atom is -0.487 e. The number of ether oxygens (including phenoxy) is 2. The Hall–Kier alpha value is -1.13. The van der Waals surface area contributed by atoms with Crippen molar-refractivity contribution in [2.45, 2.75) is 38.0 Å². The van der Waals surface area contributed by atoms with E-state index in [0.29, 0.717) is 12.6 Å². The second-order valence-corrected chi connectivity index (χ2v) is 4.74. The molecule has 4 nitrogen and oxygen atoms in total. The number of aromatic nitrogens is 1. The second-order valence-electron chi connectivity index (χ2n) is 4.74. The van der Waals surface area contributed by atoms with E-state index in [-0.39, 0.29) is 6.10 Å². The topological polar surface area (TPSA) is 43.4 Å². The van der Waals surface area contributed by atoms with Crippen LogP contribution in [-0.2, 0) is 11.3 Å². The van der Waals surface area contributed by atoms with Gasteiger partial charge in [0, 0.05) is 37.0 Å². The lowest BCUT2D eigenvalue weighted by atomic mass is 10.2. The van der Waals surface area contributed by atoms with Crippen molar-refractivity contribution >= 4 is 0 Å². The third kappa shape index (κ3) is 2.96. The Morgan fingerprint density at radius 3 is 3.12 bits per heavy atom. The van der Waals surface area contributed by atoms with E-state index in [2.05, 4.69) is 10.3 Å². The van der Waals surface area contributed by atoms with Crippen LogP contribution in [0, 0.1) is 0 Å². The quantitative estimate of drug-likeness (QED) is 0.838. The van der Waals surface area contributed by atoms with Gasteiger partial charge in [0.1, 0.15) is 11.9 Å². The van der Waals surface area contributed by atoms with E-state index in [1.54, 1.807) is 6.20 Å². The lowest BCUT2D eigenvalue weighted by Crippen LogP contribution is -2.20. The Bertz CT molecular complexity index is 373. The van der Waals surface area contributed by atoms with Crippen molar-refractivity contribution in [1.82, 2.24) is 10.3 Å². The zero-order valence-electron chi connectivity index (χ0n) is 9.89. The van der Waals surface area contributed by atoms with Crippen LogP contribution in [0.1, 0.15) is 24.8 Å². The molecule has 0 aromatic carbocycles. The Morgan fingerprint density at radius 1 is 1.41 bits per heavy atom. The number of nitrogens with zero attached hydrogens (tertiary/aromatic N) is 1. The summed E-state index contributed by atoms with van der Waals surface area (Å²) >= 11 is 0. The van der Waals surface area contributed by atoms with E-state index in [1.807, 2.05) is 12.3 Å². The molecule has 3 rings (SSSR count). The number of pyridine rings is 1. The minimum absolute atomic E-state index is 0.206. The van der Waals surface area contributed by atoms with Gasteiger partial charge in [-0.25, -0.2) is 0 Å². The number of rotatable bonds is 5. The normalized spacial score (nSPS) is 23.9. The van der Waals surface area contributed by atoms with Gasteiger partial charge in [0.15, 0.2) is 0 Å². The Kier molecular flexibility index (Phi) is 3.25. The smallest absolute Gasteiger partial charge is 0.127 e. The van der Waals surface area contributed by atoms with Gasteiger partial charge in [0.2, 0.25) is 0 Å². The summed E-state index contributed by atoms with van der Waals surface area (Å²) in [4.78, 5) is 4.17. The molecule has 2 heterocycles. The molecular weight excluding hydrogens is 216 g/mol. The highest BCUT2D eigenvalue weighted by Crippen LogP contribution is 2.23. The van der Waals surface area contributed by atoms with Crippen LogP contribution in [0.15, 0.2) is 18.5 Å². The van der Waals surface area contributed by atoms with E-state index in [9.17, 15) is 0 Å². The molecule has 1 saturated heterocycles. The average Bonchev–Trinajstić information content (AvgIpc) is 3.05. The fourth-order valence-corrected chi connectivity index (χ4v) is 1.99. The third-order valence-electron chi connectivity index (χ3n) is 3.20. The average molecular weight is 234 g/mol. The van der Waals surface area contributed by atoms with Crippen molar-refractivity contribution in [2.75, 3.05) is 13.2 Å². The third-order valence-corrected chi connectivity index (χ3v) is 3.20. The molecule has 0 amide bonds. The Labute approximate surface area is 101 Å². The standard InChI is InChI=1S/C13H18N2O2/c1-2-11(1)15-8-10-7-14-5-3-13(10)17-12-4-6-16-9-12/h3,5,7,11-12,15H,1-2,4,6,8-9H2. The highest BCUT2D eigenvalue weighted by atomic mass is 16.5. The number of nitrogens with one attached hydrogen (secondary N) is 1. The maximum Gasteiger partial charge on any atom is 0.127 e. The van der Waals surface area contributed by atoms with E-state index >= 15 is 0 Å². The van der Waals surface area contributed by atoms with E-state index in [0.717, 1.165) is 30.9 Å². The Morgan fingerprint density at radius 2 is 2.35 bits per heavy atom. The monoisotopic (exact) mass is 234 g/mol. The molecule has 92 valence electrons. The molecule has 2 fully saturated rings. The van der Waals surface area contributed by atoms with Gasteiger partial charge >= 0.3 is 0 Å². The van der Waals surface area contributed by atoms with Crippen molar-refractivity contribution in [3.63, 3.8) is 0 Å². The van der Waals surface area contributed by atoms with Gasteiger partial charge in [-0.15, -0.1) is 0 Å². The first-order chi connectivity index (χ1) is 8.42. The van der Waals surface area contributed by atoms with E-state index in [1.165, 1.54) is 12.8 Å². The van der Waals surface area contributed by atoms with Gasteiger partial charge in [-0.05, 0) is 18.9 Å². The summed E-state index contributed by atoms with van der Waals surface area (Å²) in [6.07, 6.45) is 7.46. The zero-order valence-corrected chi connectivity index (χ0v) is 9.89. The summed E-state index contributed by atoms with van der Waals surface area (Å²) in [5, 5.41) is 3.49. The molecule has 0 radical (unpaired) electrons. The number of hydrogen-bond donors (Lipinski definition) is 1. The van der Waals surface area contributed by atoms with Crippen LogP contribution >= 0.6 is 0 Å². The summed E-state index contributed by atoms with van der Waals surface area (Å²) in [6, 6.07) is 2.65. The lowest BCUT2D eigenvalue weighted by Gasteiger charge is -2.15. The molecule has 1 aromatic heterocycles. The summed E-state index contributed by atoms with van der Waals surface area (Å²) in [5.74, 6) is 0.948. The van der Waals surface area contributed by atoms with Crippen LogP contribution in [0.2, 0.25) is 0 Å². The maximum atomic E-state index is 5.95. The van der Waals surface area contributed by atoms with E-state index < -0.39 is 0 Å². The van der Waals surface area contributed by atoms with Gasteiger partial charge < -0.3 is 14.8 Å². The van der Waals surface area contributed by atoms with Crippen molar-refractivity contribution < 1.29 is 9.47 Å².